The average molecular weight is 262 g/mol. The molecule has 0 aliphatic rings. The molecule has 2 aromatic heterocycles. The van der Waals surface area contributed by atoms with E-state index in [0.717, 1.165) is 11.0 Å². The van der Waals surface area contributed by atoms with Gasteiger partial charge in [-0.15, -0.1) is 0 Å². The molecule has 0 unspecified atom stereocenters. The van der Waals surface area contributed by atoms with E-state index in [9.17, 15) is 14.4 Å². The molecule has 100 valence electrons. The number of aromatic nitrogens is 2. The summed E-state index contributed by atoms with van der Waals surface area (Å²) in [7, 11) is 0. The van der Waals surface area contributed by atoms with E-state index < -0.39 is 17.0 Å². The molecule has 0 amide bonds. The minimum atomic E-state index is -0.489. The van der Waals surface area contributed by atoms with Crippen molar-refractivity contribution in [2.45, 2.75) is 26.4 Å². The zero-order valence-electron chi connectivity index (χ0n) is 10.5. The van der Waals surface area contributed by atoms with Crippen LogP contribution < -0.4 is 11.2 Å². The van der Waals surface area contributed by atoms with Gasteiger partial charge in [-0.05, 0) is 18.6 Å². The maximum atomic E-state index is 12.0. The highest BCUT2D eigenvalue weighted by atomic mass is 16.3. The Morgan fingerprint density at radius 3 is 2.74 bits per heavy atom. The number of hydrogen-bond acceptors (Lipinski definition) is 4. The zero-order chi connectivity index (χ0) is 13.8. The van der Waals surface area contributed by atoms with Crippen LogP contribution in [0, 0.1) is 0 Å². The number of aryl methyl sites for hydroxylation is 1. The van der Waals surface area contributed by atoms with Crippen LogP contribution in [0.5, 0.6) is 0 Å². The first-order valence-electron chi connectivity index (χ1n) is 6.00. The zero-order valence-corrected chi connectivity index (χ0v) is 10.5. The monoisotopic (exact) mass is 262 g/mol. The van der Waals surface area contributed by atoms with Gasteiger partial charge in [0.25, 0.3) is 5.56 Å². The van der Waals surface area contributed by atoms with E-state index in [-0.39, 0.29) is 12.3 Å². The SMILES string of the molecule is CCCn1ccc(=O)n(CC(=O)c2ccco2)c1=O. The predicted octanol–water partition coefficient (Wildman–Crippen LogP) is 0.896. The van der Waals surface area contributed by atoms with Gasteiger partial charge in [-0.2, -0.15) is 0 Å². The standard InChI is InChI=1S/C13H14N2O4/c1-2-6-14-7-5-12(17)15(13(14)18)9-10(16)11-4-3-8-19-11/h3-5,7-8H,2,6,9H2,1H3. The molecule has 0 N–H and O–H groups in total. The number of Topliss-reactive ketones (excluding diaryl/α,β-unsaturated/α-hetero) is 1. The van der Waals surface area contributed by atoms with E-state index in [1.165, 1.54) is 29.2 Å². The minimum Gasteiger partial charge on any atom is -0.461 e. The van der Waals surface area contributed by atoms with Gasteiger partial charge in [0.1, 0.15) is 0 Å². The molecule has 0 saturated heterocycles. The van der Waals surface area contributed by atoms with Gasteiger partial charge in [0.05, 0.1) is 12.8 Å². The Balaban J connectivity index is 2.35. The molecule has 2 aromatic rings. The first kappa shape index (κ1) is 13.1. The molecular formula is C13H14N2O4. The highest BCUT2D eigenvalue weighted by Gasteiger charge is 2.13. The van der Waals surface area contributed by atoms with Crippen molar-refractivity contribution in [2.75, 3.05) is 0 Å². The number of hydrogen-bond donors (Lipinski definition) is 0. The van der Waals surface area contributed by atoms with Gasteiger partial charge >= 0.3 is 5.69 Å². The second kappa shape index (κ2) is 5.51. The molecule has 19 heavy (non-hydrogen) atoms. The number of carbonyl (C=O) groups excluding carboxylic acids is 1. The number of furan rings is 1. The van der Waals surface area contributed by atoms with Crippen molar-refractivity contribution in [3.63, 3.8) is 0 Å². The molecule has 0 atom stereocenters. The van der Waals surface area contributed by atoms with Gasteiger partial charge in [0.15, 0.2) is 5.76 Å². The van der Waals surface area contributed by atoms with E-state index in [1.54, 1.807) is 6.07 Å². The molecule has 0 aromatic carbocycles. The van der Waals surface area contributed by atoms with Crippen molar-refractivity contribution >= 4 is 5.78 Å². The maximum Gasteiger partial charge on any atom is 0.331 e. The Morgan fingerprint density at radius 1 is 1.32 bits per heavy atom. The van der Waals surface area contributed by atoms with Crippen molar-refractivity contribution in [3.8, 4) is 0 Å². The van der Waals surface area contributed by atoms with Crippen LogP contribution in [-0.4, -0.2) is 14.9 Å². The first-order valence-corrected chi connectivity index (χ1v) is 6.00. The van der Waals surface area contributed by atoms with Crippen LogP contribution in [0.1, 0.15) is 23.9 Å². The lowest BCUT2D eigenvalue weighted by Gasteiger charge is -2.07. The fraction of sp³-hybridized carbons (Fsp3) is 0.308. The van der Waals surface area contributed by atoms with Crippen LogP contribution in [0.25, 0.3) is 0 Å². The fourth-order valence-electron chi connectivity index (χ4n) is 1.77. The molecule has 0 saturated carbocycles. The molecule has 0 radical (unpaired) electrons. The molecule has 0 bridgehead atoms. The van der Waals surface area contributed by atoms with Gasteiger partial charge < -0.3 is 8.98 Å². The summed E-state index contributed by atoms with van der Waals surface area (Å²) >= 11 is 0. The van der Waals surface area contributed by atoms with Crippen LogP contribution >= 0.6 is 0 Å². The lowest BCUT2D eigenvalue weighted by molar-refractivity contribution is 0.0941. The molecule has 0 fully saturated rings. The van der Waals surface area contributed by atoms with Gasteiger partial charge in [0.2, 0.25) is 5.78 Å². The summed E-state index contributed by atoms with van der Waals surface area (Å²) in [5, 5.41) is 0. The molecular weight excluding hydrogens is 248 g/mol. The van der Waals surface area contributed by atoms with Gasteiger partial charge in [-0.3, -0.25) is 14.2 Å². The Labute approximate surface area is 108 Å². The summed E-state index contributed by atoms with van der Waals surface area (Å²) in [6.45, 7) is 2.12. The largest absolute Gasteiger partial charge is 0.461 e. The second-order valence-corrected chi connectivity index (χ2v) is 4.12. The summed E-state index contributed by atoms with van der Waals surface area (Å²) in [5.41, 5.74) is -0.966. The summed E-state index contributed by atoms with van der Waals surface area (Å²) in [6, 6.07) is 4.36. The number of ketones is 1. The van der Waals surface area contributed by atoms with Crippen LogP contribution in [0.3, 0.4) is 0 Å². The summed E-state index contributed by atoms with van der Waals surface area (Å²) in [4.78, 5) is 35.5. The molecule has 2 heterocycles. The van der Waals surface area contributed by atoms with Crippen molar-refractivity contribution in [1.82, 2.24) is 9.13 Å². The molecule has 6 nitrogen and oxygen atoms in total. The highest BCUT2D eigenvalue weighted by molar-refractivity contribution is 5.93. The van der Waals surface area contributed by atoms with E-state index in [4.69, 9.17) is 4.42 Å². The molecule has 6 heteroatoms. The van der Waals surface area contributed by atoms with Crippen LogP contribution in [0.4, 0.5) is 0 Å². The molecule has 0 aliphatic heterocycles. The van der Waals surface area contributed by atoms with Gasteiger partial charge in [-0.25, -0.2) is 4.79 Å². The number of rotatable bonds is 5. The summed E-state index contributed by atoms with van der Waals surface area (Å²) in [6.07, 6.45) is 3.59. The quantitative estimate of drug-likeness (QED) is 0.750. The van der Waals surface area contributed by atoms with Crippen LogP contribution in [-0.2, 0) is 13.1 Å². The van der Waals surface area contributed by atoms with Gasteiger partial charge in [0, 0.05) is 18.8 Å². The first-order chi connectivity index (χ1) is 9.13. The Hall–Kier alpha value is -2.37. The fourth-order valence-corrected chi connectivity index (χ4v) is 1.77. The Bertz CT molecular complexity index is 679. The van der Waals surface area contributed by atoms with Crippen molar-refractivity contribution in [1.29, 1.82) is 0 Å². The van der Waals surface area contributed by atoms with Crippen LogP contribution in [0.2, 0.25) is 0 Å². The normalized spacial score (nSPS) is 10.6. The highest BCUT2D eigenvalue weighted by Crippen LogP contribution is 2.01. The lowest BCUT2D eigenvalue weighted by Crippen LogP contribution is -2.40. The van der Waals surface area contributed by atoms with Crippen molar-refractivity contribution in [3.05, 3.63) is 57.3 Å². The number of carbonyl (C=O) groups is 1. The third-order valence-electron chi connectivity index (χ3n) is 2.70. The predicted molar refractivity (Wildman–Crippen MR) is 68.3 cm³/mol. The maximum absolute atomic E-state index is 12.0. The van der Waals surface area contributed by atoms with E-state index >= 15 is 0 Å². The Kier molecular flexibility index (Phi) is 3.79. The molecule has 2 rings (SSSR count). The summed E-state index contributed by atoms with van der Waals surface area (Å²) in [5.74, 6) is -0.268. The van der Waals surface area contributed by atoms with E-state index in [0.29, 0.717) is 6.54 Å². The van der Waals surface area contributed by atoms with Crippen molar-refractivity contribution < 1.29 is 9.21 Å². The van der Waals surface area contributed by atoms with Crippen LogP contribution in [0.15, 0.2) is 44.7 Å². The minimum absolute atomic E-state index is 0.136. The average Bonchev–Trinajstić information content (AvgIpc) is 2.92. The third-order valence-corrected chi connectivity index (χ3v) is 2.70. The third kappa shape index (κ3) is 2.73. The van der Waals surface area contributed by atoms with Gasteiger partial charge in [-0.1, -0.05) is 6.92 Å². The number of nitrogens with zero attached hydrogens (tertiary/aromatic N) is 2. The smallest absolute Gasteiger partial charge is 0.331 e. The van der Waals surface area contributed by atoms with E-state index in [2.05, 4.69) is 0 Å². The Morgan fingerprint density at radius 2 is 2.11 bits per heavy atom. The summed E-state index contributed by atoms with van der Waals surface area (Å²) < 4.78 is 7.28. The topological polar surface area (TPSA) is 74.2 Å². The molecule has 0 aliphatic carbocycles. The lowest BCUT2D eigenvalue weighted by atomic mass is 10.3. The second-order valence-electron chi connectivity index (χ2n) is 4.12. The van der Waals surface area contributed by atoms with Crippen molar-refractivity contribution in [2.24, 2.45) is 0 Å². The van der Waals surface area contributed by atoms with E-state index in [1.807, 2.05) is 6.92 Å². The molecule has 0 spiro atoms.